The van der Waals surface area contributed by atoms with E-state index in [1.54, 1.807) is 48.5 Å². The Bertz CT molecular complexity index is 1510. The maximum Gasteiger partial charge on any atom is 0.209 e. The topological polar surface area (TPSA) is 91.7 Å². The predicted octanol–water partition coefficient (Wildman–Crippen LogP) is 6.17. The summed E-state index contributed by atoms with van der Waals surface area (Å²) in [7, 11) is 0. The lowest BCUT2D eigenvalue weighted by molar-refractivity contribution is 0.103. The molecular weight excluding hydrogens is 434 g/mol. The Balaban J connectivity index is 1.76. The molecule has 3 aromatic carbocycles. The normalized spacial score (nSPS) is 11.1. The van der Waals surface area contributed by atoms with E-state index in [9.17, 15) is 9.59 Å². The molecule has 4 N–H and O–H groups in total. The first-order chi connectivity index (χ1) is 16.0. The number of carbonyl (C=O) groups is 2. The largest absolute Gasteiger partial charge is 0.385 e. The van der Waals surface area contributed by atoms with Gasteiger partial charge < -0.3 is 15.7 Å². The van der Waals surface area contributed by atoms with Gasteiger partial charge in [0.1, 0.15) is 5.82 Å². The number of hydrogen-bond acceptors (Lipinski definition) is 3. The van der Waals surface area contributed by atoms with Crippen molar-refractivity contribution in [3.8, 4) is 11.1 Å². The molecule has 0 saturated carbocycles. The number of para-hydroxylation sites is 1. The second-order valence-corrected chi connectivity index (χ2v) is 8.30. The number of hydrogen-bond donors (Lipinski definition) is 3. The highest BCUT2D eigenvalue weighted by atomic mass is 35.5. The van der Waals surface area contributed by atoms with Gasteiger partial charge in [-0.1, -0.05) is 72.3 Å². The molecule has 0 bridgehead atoms. The van der Waals surface area contributed by atoms with Gasteiger partial charge in [-0.05, 0) is 30.7 Å². The summed E-state index contributed by atoms with van der Waals surface area (Å²) in [5.74, 6) is -0.355. The quantitative estimate of drug-likeness (QED) is 0.278. The second-order valence-electron chi connectivity index (χ2n) is 7.87. The fraction of sp³-hybridized carbons (Fsp3) is 0.0370. The number of H-pyrrole nitrogens is 2. The van der Waals surface area contributed by atoms with Crippen LogP contribution in [0.3, 0.4) is 0 Å². The van der Waals surface area contributed by atoms with Gasteiger partial charge in [0.15, 0.2) is 5.78 Å². The van der Waals surface area contributed by atoms with Crippen molar-refractivity contribution in [1.29, 1.82) is 0 Å². The molecule has 6 heteroatoms. The van der Waals surface area contributed by atoms with Crippen LogP contribution in [0.2, 0.25) is 5.02 Å². The van der Waals surface area contributed by atoms with Crippen LogP contribution < -0.4 is 5.73 Å². The Morgan fingerprint density at radius 1 is 0.788 bits per heavy atom. The molecule has 0 aliphatic rings. The molecule has 0 fully saturated rings. The monoisotopic (exact) mass is 453 g/mol. The number of benzene rings is 3. The average Bonchev–Trinajstić information content (AvgIpc) is 3.35. The van der Waals surface area contributed by atoms with E-state index in [1.165, 1.54) is 0 Å². The molecule has 0 saturated heterocycles. The zero-order valence-electron chi connectivity index (χ0n) is 17.8. The molecule has 0 unspecified atom stereocenters. The fourth-order valence-corrected chi connectivity index (χ4v) is 4.38. The van der Waals surface area contributed by atoms with E-state index in [0.717, 1.165) is 16.6 Å². The first-order valence-corrected chi connectivity index (χ1v) is 10.8. The highest BCUT2D eigenvalue weighted by Gasteiger charge is 2.29. The van der Waals surface area contributed by atoms with Crippen LogP contribution in [0.5, 0.6) is 0 Å². The molecule has 162 valence electrons. The molecule has 33 heavy (non-hydrogen) atoms. The van der Waals surface area contributed by atoms with Gasteiger partial charge in [-0.2, -0.15) is 0 Å². The van der Waals surface area contributed by atoms with Gasteiger partial charge in [0.2, 0.25) is 5.78 Å². The maximum absolute atomic E-state index is 13.9. The number of nitrogen functional groups attached to an aromatic ring is 1. The third-order valence-electron chi connectivity index (χ3n) is 5.77. The molecule has 0 aliphatic heterocycles. The van der Waals surface area contributed by atoms with Gasteiger partial charge in [0.25, 0.3) is 0 Å². The lowest BCUT2D eigenvalue weighted by atomic mass is 9.92. The fourth-order valence-electron chi connectivity index (χ4n) is 4.26. The molecule has 0 amide bonds. The standard InChI is InChI=1S/C27H20ClN3O2/c1-15-21(19-9-5-6-10-20(19)30-15)26(33)23-22(16-11-13-18(28)14-12-16)24(31-27(23)29)25(32)17-7-3-2-4-8-17/h2-14,30-31H,29H2,1H3. The summed E-state index contributed by atoms with van der Waals surface area (Å²) in [6.07, 6.45) is 0. The lowest BCUT2D eigenvalue weighted by Crippen LogP contribution is -2.07. The number of ketones is 2. The van der Waals surface area contributed by atoms with E-state index < -0.39 is 0 Å². The highest BCUT2D eigenvalue weighted by Crippen LogP contribution is 2.37. The first kappa shape index (κ1) is 20.8. The first-order valence-electron chi connectivity index (χ1n) is 10.4. The van der Waals surface area contributed by atoms with Gasteiger partial charge in [-0.15, -0.1) is 0 Å². The van der Waals surface area contributed by atoms with Crippen LogP contribution in [0.1, 0.15) is 37.7 Å². The minimum absolute atomic E-state index is 0.147. The molecule has 0 radical (unpaired) electrons. The number of rotatable bonds is 5. The van der Waals surface area contributed by atoms with E-state index in [0.29, 0.717) is 27.3 Å². The van der Waals surface area contributed by atoms with Crippen LogP contribution in [0, 0.1) is 6.92 Å². The Morgan fingerprint density at radius 2 is 1.45 bits per heavy atom. The Kier molecular flexibility index (Phi) is 5.11. The van der Waals surface area contributed by atoms with Crippen molar-refractivity contribution in [2.75, 3.05) is 5.73 Å². The molecule has 2 heterocycles. The van der Waals surface area contributed by atoms with Gasteiger partial charge in [-0.25, -0.2) is 0 Å². The molecule has 5 nitrogen and oxygen atoms in total. The third kappa shape index (κ3) is 3.52. The number of nitrogens with one attached hydrogen (secondary N) is 2. The van der Waals surface area contributed by atoms with Crippen molar-refractivity contribution in [2.45, 2.75) is 6.92 Å². The molecular formula is C27H20ClN3O2. The predicted molar refractivity (Wildman–Crippen MR) is 132 cm³/mol. The zero-order chi connectivity index (χ0) is 23.1. The number of halogens is 1. The summed E-state index contributed by atoms with van der Waals surface area (Å²) < 4.78 is 0. The van der Waals surface area contributed by atoms with Crippen molar-refractivity contribution < 1.29 is 9.59 Å². The number of nitrogens with two attached hydrogens (primary N) is 1. The van der Waals surface area contributed by atoms with E-state index >= 15 is 0 Å². The summed E-state index contributed by atoms with van der Waals surface area (Å²) in [6.45, 7) is 1.86. The molecule has 0 spiro atoms. The van der Waals surface area contributed by atoms with Crippen LogP contribution in [0.4, 0.5) is 5.82 Å². The Hall–Kier alpha value is -4.09. The van der Waals surface area contributed by atoms with Crippen LogP contribution in [-0.4, -0.2) is 21.5 Å². The van der Waals surface area contributed by atoms with Gasteiger partial charge in [-0.3, -0.25) is 9.59 Å². The van der Waals surface area contributed by atoms with E-state index in [-0.39, 0.29) is 28.6 Å². The van der Waals surface area contributed by atoms with Crippen LogP contribution in [0.25, 0.3) is 22.0 Å². The molecule has 5 rings (SSSR count). The summed E-state index contributed by atoms with van der Waals surface area (Å²) >= 11 is 6.10. The third-order valence-corrected chi connectivity index (χ3v) is 6.02. The average molecular weight is 454 g/mol. The van der Waals surface area contributed by atoms with Crippen molar-refractivity contribution in [1.82, 2.24) is 9.97 Å². The molecule has 2 aromatic heterocycles. The number of anilines is 1. The van der Waals surface area contributed by atoms with Crippen molar-refractivity contribution in [3.05, 3.63) is 112 Å². The number of aryl methyl sites for hydroxylation is 1. The van der Waals surface area contributed by atoms with E-state index in [2.05, 4.69) is 9.97 Å². The molecule has 0 aliphatic carbocycles. The summed E-state index contributed by atoms with van der Waals surface area (Å²) in [6, 6.07) is 23.5. The van der Waals surface area contributed by atoms with Crippen LogP contribution in [0.15, 0.2) is 78.9 Å². The van der Waals surface area contributed by atoms with Crippen molar-refractivity contribution in [2.24, 2.45) is 0 Å². The highest BCUT2D eigenvalue weighted by molar-refractivity contribution is 6.30. The Labute approximate surface area is 195 Å². The van der Waals surface area contributed by atoms with Crippen LogP contribution in [-0.2, 0) is 0 Å². The zero-order valence-corrected chi connectivity index (χ0v) is 18.5. The second kappa shape index (κ2) is 8.11. The summed E-state index contributed by atoms with van der Waals surface area (Å²) in [5.41, 5.74) is 10.7. The van der Waals surface area contributed by atoms with Crippen molar-refractivity contribution >= 4 is 39.9 Å². The minimum atomic E-state index is -0.254. The van der Waals surface area contributed by atoms with Gasteiger partial charge >= 0.3 is 0 Å². The van der Waals surface area contributed by atoms with E-state index in [4.69, 9.17) is 17.3 Å². The molecule has 0 atom stereocenters. The Morgan fingerprint density at radius 3 is 2.18 bits per heavy atom. The van der Waals surface area contributed by atoms with Gasteiger partial charge in [0, 0.05) is 32.7 Å². The SMILES string of the molecule is Cc1[nH]c2ccccc2c1C(=O)c1c(N)[nH]c(C(=O)c2ccccc2)c1-c1ccc(Cl)cc1. The number of aromatic amines is 2. The number of aromatic nitrogens is 2. The summed E-state index contributed by atoms with van der Waals surface area (Å²) in [4.78, 5) is 33.6. The number of fused-ring (bicyclic) bond motifs is 1. The number of carbonyl (C=O) groups excluding carboxylic acids is 2. The van der Waals surface area contributed by atoms with Crippen molar-refractivity contribution in [3.63, 3.8) is 0 Å². The van der Waals surface area contributed by atoms with Gasteiger partial charge in [0.05, 0.1) is 16.8 Å². The lowest BCUT2D eigenvalue weighted by Gasteiger charge is -2.09. The maximum atomic E-state index is 13.9. The summed E-state index contributed by atoms with van der Waals surface area (Å²) in [5, 5.41) is 1.36. The van der Waals surface area contributed by atoms with Crippen LogP contribution >= 0.6 is 11.6 Å². The minimum Gasteiger partial charge on any atom is -0.385 e. The van der Waals surface area contributed by atoms with E-state index in [1.807, 2.05) is 37.3 Å². The smallest absolute Gasteiger partial charge is 0.209 e. The molecule has 5 aromatic rings.